The molecule has 0 aliphatic heterocycles. The summed E-state index contributed by atoms with van der Waals surface area (Å²) in [5.74, 6) is 0.0393. The van der Waals surface area contributed by atoms with Gasteiger partial charge in [0.1, 0.15) is 0 Å². The number of hydrogen-bond acceptors (Lipinski definition) is 5. The fourth-order valence-corrected chi connectivity index (χ4v) is 1.64. The zero-order chi connectivity index (χ0) is 14.0. The summed E-state index contributed by atoms with van der Waals surface area (Å²) in [7, 11) is 0. The monoisotopic (exact) mass is 261 g/mol. The van der Waals surface area contributed by atoms with Gasteiger partial charge in [-0.25, -0.2) is 0 Å². The standard InChI is InChI=1S/C13H27NO4/c1-6-16-11(15)9-14-12(10(4)5)13(17-7-2)18-8-3/h10,12-14H,6-9H2,1-5H3. The highest BCUT2D eigenvalue weighted by Crippen LogP contribution is 2.11. The van der Waals surface area contributed by atoms with Gasteiger partial charge in [-0.3, -0.25) is 10.1 Å². The number of hydrogen-bond donors (Lipinski definition) is 1. The molecule has 0 amide bonds. The van der Waals surface area contributed by atoms with Crippen LogP contribution in [-0.4, -0.2) is 44.7 Å². The summed E-state index contributed by atoms with van der Waals surface area (Å²) in [6.07, 6.45) is -0.338. The first-order valence-corrected chi connectivity index (χ1v) is 6.68. The molecule has 0 aromatic carbocycles. The average Bonchev–Trinajstić information content (AvgIpc) is 2.29. The van der Waals surface area contributed by atoms with Crippen LogP contribution in [-0.2, 0) is 19.0 Å². The van der Waals surface area contributed by atoms with Crippen LogP contribution in [0.1, 0.15) is 34.6 Å². The zero-order valence-corrected chi connectivity index (χ0v) is 12.2. The summed E-state index contributed by atoms with van der Waals surface area (Å²) in [4.78, 5) is 11.3. The van der Waals surface area contributed by atoms with Crippen molar-refractivity contribution in [1.82, 2.24) is 5.32 Å². The van der Waals surface area contributed by atoms with E-state index < -0.39 is 0 Å². The Morgan fingerprint density at radius 3 is 2.00 bits per heavy atom. The van der Waals surface area contributed by atoms with E-state index in [1.165, 1.54) is 0 Å². The van der Waals surface area contributed by atoms with E-state index in [-0.39, 0.29) is 24.8 Å². The average molecular weight is 261 g/mol. The van der Waals surface area contributed by atoms with Crippen LogP contribution in [0.5, 0.6) is 0 Å². The molecule has 0 fully saturated rings. The van der Waals surface area contributed by atoms with Crippen molar-refractivity contribution < 1.29 is 19.0 Å². The Bertz CT molecular complexity index is 215. The van der Waals surface area contributed by atoms with E-state index in [1.54, 1.807) is 6.92 Å². The maximum atomic E-state index is 11.3. The normalized spacial score (nSPS) is 13.1. The van der Waals surface area contributed by atoms with Crippen molar-refractivity contribution in [3.05, 3.63) is 0 Å². The van der Waals surface area contributed by atoms with Gasteiger partial charge in [0.15, 0.2) is 6.29 Å². The van der Waals surface area contributed by atoms with Crippen LogP contribution < -0.4 is 5.32 Å². The van der Waals surface area contributed by atoms with Gasteiger partial charge in [-0.1, -0.05) is 13.8 Å². The summed E-state index contributed by atoms with van der Waals surface area (Å²) in [6, 6.07) is -0.0330. The first-order chi connectivity index (χ1) is 8.56. The Labute approximate surface area is 110 Å². The molecule has 0 aromatic heterocycles. The molecule has 0 aliphatic carbocycles. The van der Waals surface area contributed by atoms with Gasteiger partial charge in [-0.15, -0.1) is 0 Å². The zero-order valence-electron chi connectivity index (χ0n) is 12.2. The first kappa shape index (κ1) is 17.4. The Morgan fingerprint density at radius 2 is 1.61 bits per heavy atom. The van der Waals surface area contributed by atoms with Crippen molar-refractivity contribution in [1.29, 1.82) is 0 Å². The number of carbonyl (C=O) groups is 1. The molecule has 0 saturated heterocycles. The molecule has 1 unspecified atom stereocenters. The molecular weight excluding hydrogens is 234 g/mol. The highest BCUT2D eigenvalue weighted by atomic mass is 16.7. The van der Waals surface area contributed by atoms with Gasteiger partial charge in [0.25, 0.3) is 0 Å². The predicted octanol–water partition coefficient (Wildman–Crippen LogP) is 1.56. The Hall–Kier alpha value is -0.650. The van der Waals surface area contributed by atoms with Gasteiger partial charge in [-0.2, -0.15) is 0 Å². The van der Waals surface area contributed by atoms with Crippen LogP contribution in [0.4, 0.5) is 0 Å². The molecule has 1 N–H and O–H groups in total. The minimum absolute atomic E-state index is 0.0330. The van der Waals surface area contributed by atoms with E-state index in [0.29, 0.717) is 25.7 Å². The second-order valence-electron chi connectivity index (χ2n) is 4.23. The summed E-state index contributed by atoms with van der Waals surface area (Å²) >= 11 is 0. The van der Waals surface area contributed by atoms with Crippen molar-refractivity contribution in [2.45, 2.75) is 47.0 Å². The molecule has 1 atom stereocenters. The van der Waals surface area contributed by atoms with Gasteiger partial charge in [0.2, 0.25) is 0 Å². The lowest BCUT2D eigenvalue weighted by molar-refractivity contribution is -0.162. The van der Waals surface area contributed by atoms with Gasteiger partial charge >= 0.3 is 5.97 Å². The van der Waals surface area contributed by atoms with Crippen molar-refractivity contribution in [3.8, 4) is 0 Å². The molecular formula is C13H27NO4. The largest absolute Gasteiger partial charge is 0.465 e. The van der Waals surface area contributed by atoms with Gasteiger partial charge in [0, 0.05) is 13.2 Å². The highest BCUT2D eigenvalue weighted by Gasteiger charge is 2.25. The lowest BCUT2D eigenvalue weighted by atomic mass is 10.0. The van der Waals surface area contributed by atoms with Crippen molar-refractivity contribution in [2.75, 3.05) is 26.4 Å². The lowest BCUT2D eigenvalue weighted by Crippen LogP contribution is -2.48. The minimum Gasteiger partial charge on any atom is -0.465 e. The predicted molar refractivity (Wildman–Crippen MR) is 70.3 cm³/mol. The third-order valence-electron chi connectivity index (χ3n) is 2.46. The smallest absolute Gasteiger partial charge is 0.319 e. The number of rotatable bonds is 10. The second-order valence-corrected chi connectivity index (χ2v) is 4.23. The van der Waals surface area contributed by atoms with Gasteiger partial charge in [0.05, 0.1) is 19.2 Å². The quantitative estimate of drug-likeness (QED) is 0.478. The van der Waals surface area contributed by atoms with Crippen LogP contribution in [0.15, 0.2) is 0 Å². The Kier molecular flexibility index (Phi) is 9.92. The number of nitrogens with one attached hydrogen (secondary N) is 1. The Balaban J connectivity index is 4.37. The highest BCUT2D eigenvalue weighted by molar-refractivity contribution is 5.71. The van der Waals surface area contributed by atoms with E-state index in [4.69, 9.17) is 14.2 Å². The van der Waals surface area contributed by atoms with E-state index >= 15 is 0 Å². The fourth-order valence-electron chi connectivity index (χ4n) is 1.64. The molecule has 108 valence electrons. The van der Waals surface area contributed by atoms with E-state index in [0.717, 1.165) is 0 Å². The molecule has 0 aromatic rings. The molecule has 0 bridgehead atoms. The third kappa shape index (κ3) is 6.93. The molecule has 5 nitrogen and oxygen atoms in total. The van der Waals surface area contributed by atoms with Crippen molar-refractivity contribution in [2.24, 2.45) is 5.92 Å². The molecule has 0 spiro atoms. The van der Waals surface area contributed by atoms with Crippen LogP contribution in [0, 0.1) is 5.92 Å². The van der Waals surface area contributed by atoms with E-state index in [9.17, 15) is 4.79 Å². The van der Waals surface area contributed by atoms with Gasteiger partial charge in [-0.05, 0) is 26.7 Å². The Morgan fingerprint density at radius 1 is 1.06 bits per heavy atom. The van der Waals surface area contributed by atoms with Crippen LogP contribution in [0.2, 0.25) is 0 Å². The molecule has 5 heteroatoms. The SMILES string of the molecule is CCOC(=O)CNC(C(C)C)C(OCC)OCC. The van der Waals surface area contributed by atoms with Crippen LogP contribution in [0.25, 0.3) is 0 Å². The molecule has 0 aliphatic rings. The van der Waals surface area contributed by atoms with E-state index in [1.807, 2.05) is 13.8 Å². The van der Waals surface area contributed by atoms with Crippen LogP contribution in [0.3, 0.4) is 0 Å². The van der Waals surface area contributed by atoms with Crippen LogP contribution >= 0.6 is 0 Å². The first-order valence-electron chi connectivity index (χ1n) is 6.68. The van der Waals surface area contributed by atoms with Crippen molar-refractivity contribution in [3.63, 3.8) is 0 Å². The second kappa shape index (κ2) is 10.3. The summed E-state index contributed by atoms with van der Waals surface area (Å²) < 4.78 is 16.0. The summed E-state index contributed by atoms with van der Waals surface area (Å²) in [5, 5.41) is 3.15. The lowest BCUT2D eigenvalue weighted by Gasteiger charge is -2.30. The van der Waals surface area contributed by atoms with Gasteiger partial charge < -0.3 is 14.2 Å². The summed E-state index contributed by atoms with van der Waals surface area (Å²) in [5.41, 5.74) is 0. The fraction of sp³-hybridized carbons (Fsp3) is 0.923. The molecule has 0 saturated carbocycles. The number of ether oxygens (including phenoxy) is 3. The molecule has 0 heterocycles. The minimum atomic E-state index is -0.338. The van der Waals surface area contributed by atoms with Crippen molar-refractivity contribution >= 4 is 5.97 Å². The molecule has 18 heavy (non-hydrogen) atoms. The van der Waals surface area contributed by atoms with E-state index in [2.05, 4.69) is 19.2 Å². The maximum Gasteiger partial charge on any atom is 0.319 e. The number of carbonyl (C=O) groups excluding carboxylic acids is 1. The third-order valence-corrected chi connectivity index (χ3v) is 2.46. The molecule has 0 rings (SSSR count). The molecule has 0 radical (unpaired) electrons. The maximum absolute atomic E-state index is 11.3. The summed E-state index contributed by atoms with van der Waals surface area (Å²) in [6.45, 7) is 11.5. The topological polar surface area (TPSA) is 56.8 Å². The number of esters is 1.